The van der Waals surface area contributed by atoms with E-state index in [0.717, 1.165) is 36.5 Å². The van der Waals surface area contributed by atoms with Crippen molar-refractivity contribution in [3.05, 3.63) is 96.1 Å². The van der Waals surface area contributed by atoms with Gasteiger partial charge in [0, 0.05) is 23.2 Å². The van der Waals surface area contributed by atoms with E-state index < -0.39 is 0 Å². The lowest BCUT2D eigenvalue weighted by molar-refractivity contribution is 1.02. The second kappa shape index (κ2) is 11.4. The van der Waals surface area contributed by atoms with Gasteiger partial charge in [0.1, 0.15) is 0 Å². The first-order valence-electron chi connectivity index (χ1n) is 10.8. The zero-order valence-corrected chi connectivity index (χ0v) is 17.9. The molecule has 4 rings (SSSR count). The first-order chi connectivity index (χ1) is 15.9. The molecule has 0 spiro atoms. The summed E-state index contributed by atoms with van der Waals surface area (Å²) in [4.78, 5) is 0. The molecule has 0 bridgehead atoms. The van der Waals surface area contributed by atoms with Gasteiger partial charge in [-0.1, -0.05) is 84.9 Å². The Labute approximate surface area is 188 Å². The second-order valence-electron chi connectivity index (χ2n) is 7.34. The van der Waals surface area contributed by atoms with Crippen molar-refractivity contribution in [1.82, 2.24) is 10.2 Å². The predicted octanol–water partition coefficient (Wildman–Crippen LogP) is 5.69. The van der Waals surface area contributed by atoms with Crippen LogP contribution >= 0.6 is 0 Å². The first kappa shape index (κ1) is 21.2. The van der Waals surface area contributed by atoms with E-state index in [2.05, 4.69) is 79.8 Å². The van der Waals surface area contributed by atoms with Crippen LogP contribution in [0.2, 0.25) is 0 Å². The van der Waals surface area contributed by atoms with Crippen molar-refractivity contribution in [2.24, 2.45) is 10.2 Å². The quantitative estimate of drug-likeness (QED) is 0.254. The maximum absolute atomic E-state index is 4.32. The van der Waals surface area contributed by atoms with Crippen LogP contribution in [-0.2, 0) is 12.8 Å². The van der Waals surface area contributed by atoms with E-state index in [1.165, 1.54) is 11.1 Å². The summed E-state index contributed by atoms with van der Waals surface area (Å²) >= 11 is 0. The molecule has 1 heterocycles. The van der Waals surface area contributed by atoms with Crippen LogP contribution in [-0.4, -0.2) is 22.6 Å². The normalized spacial score (nSPS) is 11.4. The maximum atomic E-state index is 4.32. The molecule has 0 unspecified atom stereocenters. The summed E-state index contributed by atoms with van der Waals surface area (Å²) in [6.45, 7) is 0. The molecule has 32 heavy (non-hydrogen) atoms. The van der Waals surface area contributed by atoms with Gasteiger partial charge in [-0.3, -0.25) is 10.9 Å². The van der Waals surface area contributed by atoms with E-state index in [0.29, 0.717) is 11.6 Å². The van der Waals surface area contributed by atoms with Crippen molar-refractivity contribution in [1.29, 1.82) is 0 Å². The second-order valence-corrected chi connectivity index (χ2v) is 7.34. The largest absolute Gasteiger partial charge is 0.260 e. The summed E-state index contributed by atoms with van der Waals surface area (Å²) < 4.78 is 0. The van der Waals surface area contributed by atoms with Gasteiger partial charge in [0.2, 0.25) is 0 Å². The zero-order valence-electron chi connectivity index (χ0n) is 17.9. The number of nitrogens with zero attached hydrogens (tertiary/aromatic N) is 4. The Balaban J connectivity index is 1.34. The number of hydrogen-bond acceptors (Lipinski definition) is 6. The third kappa shape index (κ3) is 5.98. The molecule has 0 saturated heterocycles. The predicted molar refractivity (Wildman–Crippen MR) is 133 cm³/mol. The molecular weight excluding hydrogens is 396 g/mol. The van der Waals surface area contributed by atoms with Crippen LogP contribution in [0.5, 0.6) is 0 Å². The number of hydrazone groups is 2. The molecule has 160 valence electrons. The van der Waals surface area contributed by atoms with Crippen molar-refractivity contribution >= 4 is 34.8 Å². The number of fused-ring (bicyclic) bond motifs is 1. The number of aryl methyl sites for hydroxylation is 2. The van der Waals surface area contributed by atoms with Crippen molar-refractivity contribution in [3.8, 4) is 0 Å². The van der Waals surface area contributed by atoms with Crippen LogP contribution in [0.4, 0.5) is 11.6 Å². The number of benzene rings is 3. The third-order valence-corrected chi connectivity index (χ3v) is 5.02. The molecule has 0 amide bonds. The summed E-state index contributed by atoms with van der Waals surface area (Å²) in [6.07, 6.45) is 7.33. The average Bonchev–Trinajstić information content (AvgIpc) is 2.86. The Morgan fingerprint density at radius 1 is 0.562 bits per heavy atom. The van der Waals surface area contributed by atoms with Gasteiger partial charge in [-0.05, 0) is 36.8 Å². The summed E-state index contributed by atoms with van der Waals surface area (Å²) in [7, 11) is 0. The summed E-state index contributed by atoms with van der Waals surface area (Å²) in [6, 6.07) is 28.7. The van der Waals surface area contributed by atoms with Gasteiger partial charge in [-0.25, -0.2) is 0 Å². The highest BCUT2D eigenvalue weighted by atomic mass is 15.4. The molecule has 0 saturated carbocycles. The molecule has 0 aliphatic rings. The Bertz CT molecular complexity index is 1080. The molecule has 2 N–H and O–H groups in total. The molecule has 0 aliphatic heterocycles. The van der Waals surface area contributed by atoms with Crippen LogP contribution in [0.15, 0.2) is 95.1 Å². The van der Waals surface area contributed by atoms with Crippen molar-refractivity contribution in [2.75, 3.05) is 10.9 Å². The fraction of sp³-hybridized carbons (Fsp3) is 0.154. The lowest BCUT2D eigenvalue weighted by Gasteiger charge is -2.08. The maximum Gasteiger partial charge on any atom is 0.176 e. The lowest BCUT2D eigenvalue weighted by atomic mass is 10.1. The highest BCUT2D eigenvalue weighted by Crippen LogP contribution is 2.25. The standard InChI is InChI=1S/C26H26N6/c1-3-11-21(12-4-1)15-9-19-27-29-25-23-17-7-8-18-24(23)26(32-31-25)30-28-20-10-16-22-13-5-2-6-14-22/h1-8,11-14,17-20H,9-10,15-16H2,(H,29,31)(H,30,32). The Kier molecular flexibility index (Phi) is 7.52. The molecule has 6 heteroatoms. The minimum Gasteiger partial charge on any atom is -0.260 e. The fourth-order valence-corrected chi connectivity index (χ4v) is 3.36. The van der Waals surface area contributed by atoms with Crippen LogP contribution in [0.3, 0.4) is 0 Å². The minimum absolute atomic E-state index is 0.621. The molecular formula is C26H26N6. The molecule has 0 fully saturated rings. The SMILES string of the molecule is C(CCc1ccccc1)=NNc1nnc(NN=CCCc2ccccc2)c2ccccc12. The van der Waals surface area contributed by atoms with Gasteiger partial charge in [0.05, 0.1) is 0 Å². The van der Waals surface area contributed by atoms with Crippen LogP contribution in [0.1, 0.15) is 24.0 Å². The Morgan fingerprint density at radius 2 is 0.969 bits per heavy atom. The molecule has 0 atom stereocenters. The van der Waals surface area contributed by atoms with E-state index >= 15 is 0 Å². The summed E-state index contributed by atoms with van der Waals surface area (Å²) in [5.74, 6) is 1.24. The van der Waals surface area contributed by atoms with Crippen LogP contribution < -0.4 is 10.9 Å². The van der Waals surface area contributed by atoms with Crippen molar-refractivity contribution in [3.63, 3.8) is 0 Å². The molecule has 0 radical (unpaired) electrons. The van der Waals surface area contributed by atoms with E-state index in [1.807, 2.05) is 48.8 Å². The zero-order chi connectivity index (χ0) is 21.8. The van der Waals surface area contributed by atoms with Gasteiger partial charge >= 0.3 is 0 Å². The molecule has 6 nitrogen and oxygen atoms in total. The number of anilines is 2. The summed E-state index contributed by atoms with van der Waals surface area (Å²) in [5, 5.41) is 19.1. The molecule has 0 aliphatic carbocycles. The molecule has 4 aromatic rings. The van der Waals surface area contributed by atoms with Gasteiger partial charge in [0.15, 0.2) is 11.6 Å². The number of aromatic nitrogens is 2. The van der Waals surface area contributed by atoms with Gasteiger partial charge < -0.3 is 0 Å². The van der Waals surface area contributed by atoms with Gasteiger partial charge in [0.25, 0.3) is 0 Å². The highest BCUT2D eigenvalue weighted by Gasteiger charge is 2.07. The van der Waals surface area contributed by atoms with Crippen LogP contribution in [0.25, 0.3) is 10.8 Å². The fourth-order valence-electron chi connectivity index (χ4n) is 3.36. The van der Waals surface area contributed by atoms with E-state index in [4.69, 9.17) is 0 Å². The highest BCUT2D eigenvalue weighted by molar-refractivity contribution is 5.98. The van der Waals surface area contributed by atoms with Gasteiger partial charge in [-0.2, -0.15) is 10.2 Å². The molecule has 1 aromatic heterocycles. The Morgan fingerprint density at radius 3 is 1.41 bits per heavy atom. The van der Waals surface area contributed by atoms with Crippen molar-refractivity contribution < 1.29 is 0 Å². The van der Waals surface area contributed by atoms with E-state index in [9.17, 15) is 0 Å². The van der Waals surface area contributed by atoms with Gasteiger partial charge in [-0.15, -0.1) is 10.2 Å². The number of hydrogen-bond donors (Lipinski definition) is 2. The third-order valence-electron chi connectivity index (χ3n) is 5.02. The lowest BCUT2D eigenvalue weighted by Crippen LogP contribution is -2.01. The van der Waals surface area contributed by atoms with E-state index in [-0.39, 0.29) is 0 Å². The Hall–Kier alpha value is -4.06. The summed E-state index contributed by atoms with van der Waals surface area (Å²) in [5.41, 5.74) is 8.64. The topological polar surface area (TPSA) is 74.6 Å². The molecule has 3 aromatic carbocycles. The monoisotopic (exact) mass is 422 g/mol. The van der Waals surface area contributed by atoms with Crippen molar-refractivity contribution in [2.45, 2.75) is 25.7 Å². The number of nitrogens with one attached hydrogen (secondary N) is 2. The minimum atomic E-state index is 0.621. The smallest absolute Gasteiger partial charge is 0.176 e. The average molecular weight is 423 g/mol. The first-order valence-corrected chi connectivity index (χ1v) is 10.8. The number of rotatable bonds is 10. The van der Waals surface area contributed by atoms with E-state index in [1.54, 1.807) is 0 Å². The van der Waals surface area contributed by atoms with Crippen LogP contribution in [0, 0.1) is 0 Å².